The molecular weight excluding hydrogens is 385 g/mol. The first-order valence-corrected chi connectivity index (χ1v) is 9.14. The van der Waals surface area contributed by atoms with Crippen molar-refractivity contribution in [2.75, 3.05) is 37.8 Å². The highest BCUT2D eigenvalue weighted by molar-refractivity contribution is 5.92. The molecule has 154 valence electrons. The van der Waals surface area contributed by atoms with Gasteiger partial charge in [-0.05, 0) is 41.5 Å². The first kappa shape index (κ1) is 20.9. The van der Waals surface area contributed by atoms with Crippen LogP contribution in [0.25, 0.3) is 6.08 Å². The van der Waals surface area contributed by atoms with Crippen molar-refractivity contribution in [1.82, 2.24) is 5.32 Å². The number of carbonyl (C=O) groups excluding carboxylic acids is 1. The average Bonchev–Trinajstić information content (AvgIpc) is 2.74. The Hall–Kier alpha value is -2.84. The molecule has 2 N–H and O–H groups in total. The van der Waals surface area contributed by atoms with Gasteiger partial charge >= 0.3 is 0 Å². The van der Waals surface area contributed by atoms with Crippen molar-refractivity contribution in [3.63, 3.8) is 0 Å². The number of halogens is 3. The second-order valence-corrected chi connectivity index (χ2v) is 6.56. The zero-order valence-electron chi connectivity index (χ0n) is 15.6. The maximum atomic E-state index is 14.3. The molecule has 1 aliphatic heterocycles. The third-order valence-corrected chi connectivity index (χ3v) is 4.59. The number of hydrogen-bond donors (Lipinski definition) is 2. The Morgan fingerprint density at radius 2 is 1.83 bits per heavy atom. The molecule has 0 aliphatic carbocycles. The first-order chi connectivity index (χ1) is 14.0. The number of carbonyl (C=O) groups is 1. The van der Waals surface area contributed by atoms with Gasteiger partial charge in [0.15, 0.2) is 11.6 Å². The second-order valence-electron chi connectivity index (χ2n) is 6.56. The number of hydrogen-bond acceptors (Lipinski definition) is 4. The van der Waals surface area contributed by atoms with Crippen molar-refractivity contribution in [2.45, 2.75) is 6.04 Å². The summed E-state index contributed by atoms with van der Waals surface area (Å²) in [7, 11) is 0. The molecule has 29 heavy (non-hydrogen) atoms. The maximum Gasteiger partial charge on any atom is 0.244 e. The highest BCUT2D eigenvalue weighted by Gasteiger charge is 2.19. The molecule has 0 saturated carbocycles. The van der Waals surface area contributed by atoms with Crippen LogP contribution in [0.2, 0.25) is 0 Å². The van der Waals surface area contributed by atoms with Crippen LogP contribution in [-0.2, 0) is 9.53 Å². The van der Waals surface area contributed by atoms with Crippen molar-refractivity contribution in [3.8, 4) is 0 Å². The quantitative estimate of drug-likeness (QED) is 0.725. The number of aliphatic hydroxyl groups excluding tert-OH is 1. The van der Waals surface area contributed by atoms with E-state index in [1.54, 1.807) is 6.07 Å². The Morgan fingerprint density at radius 3 is 2.52 bits per heavy atom. The molecule has 0 spiro atoms. The van der Waals surface area contributed by atoms with Crippen LogP contribution in [0.5, 0.6) is 0 Å². The van der Waals surface area contributed by atoms with Crippen LogP contribution in [0.15, 0.2) is 42.5 Å². The van der Waals surface area contributed by atoms with Crippen molar-refractivity contribution in [3.05, 3.63) is 71.1 Å². The van der Waals surface area contributed by atoms with Gasteiger partial charge in [-0.15, -0.1) is 0 Å². The fraction of sp³-hybridized carbons (Fsp3) is 0.286. The van der Waals surface area contributed by atoms with Gasteiger partial charge in [0.2, 0.25) is 5.91 Å². The fourth-order valence-electron chi connectivity index (χ4n) is 3.04. The van der Waals surface area contributed by atoms with Crippen LogP contribution in [0.3, 0.4) is 0 Å². The number of amides is 1. The molecule has 1 aliphatic rings. The first-order valence-electron chi connectivity index (χ1n) is 9.14. The topological polar surface area (TPSA) is 61.8 Å². The number of anilines is 1. The standard InChI is InChI=1S/C21H21F3N2O3/c22-16-4-1-14(11-18(16)24)2-6-21(28)25-19(13-27)15-3-5-17(23)20(12-15)26-7-9-29-10-8-26/h1-6,11-12,19,27H,7-10,13H2,(H,25,28)/b6-2+. The molecule has 0 radical (unpaired) electrons. The lowest BCUT2D eigenvalue weighted by Crippen LogP contribution is -2.37. The second kappa shape index (κ2) is 9.58. The van der Waals surface area contributed by atoms with Crippen LogP contribution in [0.4, 0.5) is 18.9 Å². The normalized spacial score (nSPS) is 15.5. The summed E-state index contributed by atoms with van der Waals surface area (Å²) in [5.74, 6) is -2.91. The van der Waals surface area contributed by atoms with Gasteiger partial charge in [0.25, 0.3) is 0 Å². The van der Waals surface area contributed by atoms with E-state index in [4.69, 9.17) is 4.74 Å². The largest absolute Gasteiger partial charge is 0.394 e. The number of nitrogens with zero attached hydrogens (tertiary/aromatic N) is 1. The number of aliphatic hydroxyl groups is 1. The predicted octanol–water partition coefficient (Wildman–Crippen LogP) is 2.80. The van der Waals surface area contributed by atoms with E-state index < -0.39 is 29.4 Å². The Labute approximate surface area is 166 Å². The summed E-state index contributed by atoms with van der Waals surface area (Å²) < 4.78 is 45.7. The molecule has 1 amide bonds. The lowest BCUT2D eigenvalue weighted by Gasteiger charge is -2.30. The van der Waals surface area contributed by atoms with Gasteiger partial charge in [-0.1, -0.05) is 12.1 Å². The minimum absolute atomic E-state index is 0.316. The summed E-state index contributed by atoms with van der Waals surface area (Å²) in [4.78, 5) is 14.0. The number of ether oxygens (including phenoxy) is 1. The van der Waals surface area contributed by atoms with Crippen LogP contribution in [0.1, 0.15) is 17.2 Å². The minimum atomic E-state index is -1.01. The third-order valence-electron chi connectivity index (χ3n) is 4.59. The maximum absolute atomic E-state index is 14.3. The van der Waals surface area contributed by atoms with Crippen LogP contribution in [-0.4, -0.2) is 43.9 Å². The zero-order chi connectivity index (χ0) is 20.8. The molecule has 0 aromatic heterocycles. The minimum Gasteiger partial charge on any atom is -0.394 e. The van der Waals surface area contributed by atoms with Gasteiger partial charge in [-0.2, -0.15) is 0 Å². The van der Waals surface area contributed by atoms with Gasteiger partial charge in [-0.25, -0.2) is 13.2 Å². The molecule has 5 nitrogen and oxygen atoms in total. The van der Waals surface area contributed by atoms with Crippen molar-refractivity contribution < 1.29 is 27.8 Å². The van der Waals surface area contributed by atoms with E-state index in [0.29, 0.717) is 43.1 Å². The van der Waals surface area contributed by atoms with Gasteiger partial charge < -0.3 is 20.1 Å². The molecule has 0 bridgehead atoms. The molecule has 1 fully saturated rings. The molecule has 8 heteroatoms. The monoisotopic (exact) mass is 406 g/mol. The Balaban J connectivity index is 1.71. The van der Waals surface area contributed by atoms with Crippen LogP contribution in [0, 0.1) is 17.5 Å². The summed E-state index contributed by atoms with van der Waals surface area (Å²) in [5.41, 5.74) is 1.25. The number of benzene rings is 2. The fourth-order valence-corrected chi connectivity index (χ4v) is 3.04. The molecule has 1 atom stereocenters. The van der Waals surface area contributed by atoms with E-state index in [-0.39, 0.29) is 6.61 Å². The van der Waals surface area contributed by atoms with Crippen molar-refractivity contribution in [2.24, 2.45) is 0 Å². The summed E-state index contributed by atoms with van der Waals surface area (Å²) in [6.07, 6.45) is 2.48. The molecule has 1 saturated heterocycles. The third kappa shape index (κ3) is 5.36. The molecular formula is C21H21F3N2O3. The van der Waals surface area contributed by atoms with Crippen LogP contribution < -0.4 is 10.2 Å². The number of rotatable bonds is 6. The summed E-state index contributed by atoms with van der Waals surface area (Å²) in [5, 5.41) is 12.3. The Kier molecular flexibility index (Phi) is 6.90. The van der Waals surface area contributed by atoms with E-state index in [0.717, 1.165) is 18.2 Å². The SMILES string of the molecule is O=C(/C=C/c1ccc(F)c(F)c1)NC(CO)c1ccc(F)c(N2CCOCC2)c1. The van der Waals surface area contributed by atoms with Crippen molar-refractivity contribution >= 4 is 17.7 Å². The Bertz CT molecular complexity index is 899. The van der Waals surface area contributed by atoms with E-state index in [1.165, 1.54) is 24.3 Å². The van der Waals surface area contributed by atoms with Crippen molar-refractivity contribution in [1.29, 1.82) is 0 Å². The molecule has 1 heterocycles. The smallest absolute Gasteiger partial charge is 0.244 e. The van der Waals surface area contributed by atoms with Crippen LogP contribution >= 0.6 is 0 Å². The molecule has 2 aromatic rings. The average molecular weight is 406 g/mol. The number of morpholine rings is 1. The summed E-state index contributed by atoms with van der Waals surface area (Å²) in [6, 6.07) is 6.91. The van der Waals surface area contributed by atoms with E-state index in [9.17, 15) is 23.1 Å². The molecule has 3 rings (SSSR count). The van der Waals surface area contributed by atoms with E-state index >= 15 is 0 Å². The zero-order valence-corrected chi connectivity index (χ0v) is 15.6. The lowest BCUT2D eigenvalue weighted by molar-refractivity contribution is -0.117. The Morgan fingerprint density at radius 1 is 1.10 bits per heavy atom. The summed E-state index contributed by atoms with van der Waals surface area (Å²) in [6.45, 7) is 1.71. The highest BCUT2D eigenvalue weighted by atomic mass is 19.2. The van der Waals surface area contributed by atoms with Gasteiger partial charge in [-0.3, -0.25) is 4.79 Å². The van der Waals surface area contributed by atoms with E-state index in [1.807, 2.05) is 4.90 Å². The highest BCUT2D eigenvalue weighted by Crippen LogP contribution is 2.25. The van der Waals surface area contributed by atoms with Gasteiger partial charge in [0, 0.05) is 19.2 Å². The van der Waals surface area contributed by atoms with E-state index in [2.05, 4.69) is 5.32 Å². The van der Waals surface area contributed by atoms with Gasteiger partial charge in [0.1, 0.15) is 5.82 Å². The van der Waals surface area contributed by atoms with Gasteiger partial charge in [0.05, 0.1) is 31.5 Å². The predicted molar refractivity (Wildman–Crippen MR) is 103 cm³/mol. The molecule has 2 aromatic carbocycles. The molecule has 1 unspecified atom stereocenters. The summed E-state index contributed by atoms with van der Waals surface area (Å²) >= 11 is 0. The number of nitrogens with one attached hydrogen (secondary N) is 1. The lowest BCUT2D eigenvalue weighted by atomic mass is 10.1.